The summed E-state index contributed by atoms with van der Waals surface area (Å²) in [5, 5.41) is 5.39. The molecule has 0 aliphatic heterocycles. The molecule has 1 aromatic heterocycles. The summed E-state index contributed by atoms with van der Waals surface area (Å²) >= 11 is 17.5. The van der Waals surface area contributed by atoms with E-state index in [2.05, 4.69) is 20.6 Å². The maximum absolute atomic E-state index is 11.9. The third-order valence-electron chi connectivity index (χ3n) is 2.12. The number of carbonyl (C=O) groups excluding carboxylic acids is 1. The monoisotopic (exact) mass is 324 g/mol. The Kier molecular flexibility index (Phi) is 5.24. The average Bonchev–Trinajstić information content (AvgIpc) is 2.27. The van der Waals surface area contributed by atoms with Gasteiger partial charge < -0.3 is 10.6 Å². The molecule has 0 saturated carbocycles. The van der Waals surface area contributed by atoms with E-state index in [1.807, 2.05) is 0 Å². The second-order valence-corrected chi connectivity index (χ2v) is 7.28. The minimum absolute atomic E-state index is 0.257. The molecule has 0 bridgehead atoms. The molecule has 106 valence electrons. The quantitative estimate of drug-likeness (QED) is 0.662. The number of aromatic nitrogens is 2. The first kappa shape index (κ1) is 16.3. The van der Waals surface area contributed by atoms with Gasteiger partial charge in [0.05, 0.1) is 0 Å². The minimum atomic E-state index is -1.74. The van der Waals surface area contributed by atoms with Crippen LogP contribution in [0.1, 0.15) is 20.8 Å². The van der Waals surface area contributed by atoms with Gasteiger partial charge in [0.2, 0.25) is 15.6 Å². The van der Waals surface area contributed by atoms with Crippen molar-refractivity contribution < 1.29 is 4.79 Å². The molecule has 5 nitrogen and oxygen atoms in total. The van der Waals surface area contributed by atoms with Crippen molar-refractivity contribution in [2.45, 2.75) is 30.7 Å². The molecule has 0 spiro atoms. The minimum Gasteiger partial charge on any atom is -0.332 e. The molecule has 1 aromatic rings. The molecular formula is C11H15Cl3N4O. The fourth-order valence-corrected chi connectivity index (χ4v) is 1.38. The van der Waals surface area contributed by atoms with Crippen LogP contribution in [0.25, 0.3) is 0 Å². The number of halogens is 3. The predicted octanol–water partition coefficient (Wildman–Crippen LogP) is 2.75. The van der Waals surface area contributed by atoms with Gasteiger partial charge in [0, 0.05) is 17.8 Å². The molecular weight excluding hydrogens is 311 g/mol. The topological polar surface area (TPSA) is 66.9 Å². The zero-order valence-electron chi connectivity index (χ0n) is 10.7. The van der Waals surface area contributed by atoms with E-state index in [0.717, 1.165) is 0 Å². The van der Waals surface area contributed by atoms with Gasteiger partial charge in [-0.1, -0.05) is 55.6 Å². The highest BCUT2D eigenvalue weighted by atomic mass is 35.6. The first-order valence-electron chi connectivity index (χ1n) is 5.52. The van der Waals surface area contributed by atoms with E-state index in [-0.39, 0.29) is 11.9 Å². The standard InChI is InChI=1S/C11H15Cl3N4O/c1-10(2,3)8(19)17-7(11(12,13)14)18-9-15-5-4-6-16-9/h4-7H,1-3H3,(H,17,19)(H,15,16,18). The molecule has 1 unspecified atom stereocenters. The van der Waals surface area contributed by atoms with Crippen molar-refractivity contribution in [1.29, 1.82) is 0 Å². The van der Waals surface area contributed by atoms with Crippen molar-refractivity contribution in [2.75, 3.05) is 5.32 Å². The Morgan fingerprint density at radius 2 is 1.74 bits per heavy atom. The fraction of sp³-hybridized carbons (Fsp3) is 0.545. The summed E-state index contributed by atoms with van der Waals surface area (Å²) in [5.74, 6) is 0.000269. The van der Waals surface area contributed by atoms with E-state index in [1.54, 1.807) is 26.8 Å². The van der Waals surface area contributed by atoms with Crippen LogP contribution < -0.4 is 10.6 Å². The second-order valence-electron chi connectivity index (χ2n) is 4.91. The molecule has 1 rings (SSSR count). The molecule has 2 N–H and O–H groups in total. The highest BCUT2D eigenvalue weighted by Gasteiger charge is 2.36. The van der Waals surface area contributed by atoms with Crippen LogP contribution in [0.4, 0.5) is 5.95 Å². The van der Waals surface area contributed by atoms with Crippen LogP contribution in [0.5, 0.6) is 0 Å². The van der Waals surface area contributed by atoms with Gasteiger partial charge in [0.1, 0.15) is 6.17 Å². The van der Waals surface area contributed by atoms with E-state index in [1.165, 1.54) is 12.4 Å². The van der Waals surface area contributed by atoms with Crippen LogP contribution in [0, 0.1) is 5.41 Å². The van der Waals surface area contributed by atoms with Crippen molar-refractivity contribution in [1.82, 2.24) is 15.3 Å². The lowest BCUT2D eigenvalue weighted by Crippen LogP contribution is -2.52. The second kappa shape index (κ2) is 6.11. The first-order valence-corrected chi connectivity index (χ1v) is 6.65. The van der Waals surface area contributed by atoms with Crippen molar-refractivity contribution in [2.24, 2.45) is 5.41 Å². The third-order valence-corrected chi connectivity index (χ3v) is 2.78. The number of nitrogens with zero attached hydrogens (tertiary/aromatic N) is 2. The zero-order chi connectivity index (χ0) is 14.7. The first-order chi connectivity index (χ1) is 8.60. The Hall–Kier alpha value is -0.780. The SMILES string of the molecule is CC(C)(C)C(=O)NC(Nc1ncccn1)C(Cl)(Cl)Cl. The van der Waals surface area contributed by atoms with Gasteiger partial charge >= 0.3 is 0 Å². The van der Waals surface area contributed by atoms with E-state index < -0.39 is 15.4 Å². The molecule has 1 atom stereocenters. The Morgan fingerprint density at radius 1 is 1.21 bits per heavy atom. The molecule has 0 radical (unpaired) electrons. The summed E-state index contributed by atoms with van der Waals surface area (Å²) in [5.41, 5.74) is -0.604. The average molecular weight is 326 g/mol. The molecule has 0 aliphatic carbocycles. The lowest BCUT2D eigenvalue weighted by atomic mass is 9.95. The molecule has 19 heavy (non-hydrogen) atoms. The Bertz CT molecular complexity index is 428. The number of anilines is 1. The molecule has 8 heteroatoms. The normalized spacial score (nSPS) is 13.8. The number of rotatable bonds is 3. The van der Waals surface area contributed by atoms with Gasteiger partial charge in [-0.3, -0.25) is 4.79 Å². The highest BCUT2D eigenvalue weighted by molar-refractivity contribution is 6.68. The number of carbonyl (C=O) groups is 1. The third kappa shape index (κ3) is 5.38. The number of nitrogens with one attached hydrogen (secondary N) is 2. The van der Waals surface area contributed by atoms with Gasteiger partial charge in [-0.2, -0.15) is 0 Å². The highest BCUT2D eigenvalue weighted by Crippen LogP contribution is 2.31. The molecule has 0 fully saturated rings. The number of hydrogen-bond donors (Lipinski definition) is 2. The van der Waals surface area contributed by atoms with Gasteiger partial charge in [0.25, 0.3) is 0 Å². The number of alkyl halides is 3. The van der Waals surface area contributed by atoms with E-state index in [0.29, 0.717) is 0 Å². The van der Waals surface area contributed by atoms with Gasteiger partial charge in [-0.25, -0.2) is 9.97 Å². The van der Waals surface area contributed by atoms with E-state index in [4.69, 9.17) is 34.8 Å². The summed E-state index contributed by atoms with van der Waals surface area (Å²) in [4.78, 5) is 19.8. The summed E-state index contributed by atoms with van der Waals surface area (Å²) in [6.45, 7) is 5.28. The molecule has 0 aliphatic rings. The van der Waals surface area contributed by atoms with Crippen LogP contribution in [-0.4, -0.2) is 25.8 Å². The Morgan fingerprint density at radius 3 is 2.16 bits per heavy atom. The number of amides is 1. The summed E-state index contributed by atoms with van der Waals surface area (Å²) < 4.78 is -1.74. The van der Waals surface area contributed by atoms with Gasteiger partial charge in [0.15, 0.2) is 0 Å². The zero-order valence-corrected chi connectivity index (χ0v) is 13.0. The largest absolute Gasteiger partial charge is 0.332 e. The van der Waals surface area contributed by atoms with E-state index >= 15 is 0 Å². The maximum atomic E-state index is 11.9. The number of hydrogen-bond acceptors (Lipinski definition) is 4. The Balaban J connectivity index is 2.83. The van der Waals surface area contributed by atoms with Crippen LogP contribution in [-0.2, 0) is 4.79 Å². The molecule has 1 heterocycles. The predicted molar refractivity (Wildman–Crippen MR) is 77.3 cm³/mol. The van der Waals surface area contributed by atoms with Gasteiger partial charge in [-0.05, 0) is 6.07 Å². The lowest BCUT2D eigenvalue weighted by molar-refractivity contribution is -0.129. The lowest BCUT2D eigenvalue weighted by Gasteiger charge is -2.29. The summed E-state index contributed by atoms with van der Waals surface area (Å²) in [6.07, 6.45) is 2.14. The van der Waals surface area contributed by atoms with Gasteiger partial charge in [-0.15, -0.1) is 0 Å². The fourth-order valence-electron chi connectivity index (χ4n) is 1.05. The van der Waals surface area contributed by atoms with Crippen LogP contribution in [0.3, 0.4) is 0 Å². The van der Waals surface area contributed by atoms with Crippen LogP contribution >= 0.6 is 34.8 Å². The Labute approximate surface area is 127 Å². The van der Waals surface area contributed by atoms with Crippen molar-refractivity contribution >= 4 is 46.7 Å². The van der Waals surface area contributed by atoms with Crippen molar-refractivity contribution in [3.63, 3.8) is 0 Å². The van der Waals surface area contributed by atoms with Crippen molar-refractivity contribution in [3.05, 3.63) is 18.5 Å². The smallest absolute Gasteiger partial charge is 0.228 e. The maximum Gasteiger partial charge on any atom is 0.228 e. The molecule has 0 aromatic carbocycles. The molecule has 1 amide bonds. The van der Waals surface area contributed by atoms with Crippen LogP contribution in [0.15, 0.2) is 18.5 Å². The summed E-state index contributed by atoms with van der Waals surface area (Å²) in [7, 11) is 0. The van der Waals surface area contributed by atoms with E-state index in [9.17, 15) is 4.79 Å². The molecule has 0 saturated heterocycles. The van der Waals surface area contributed by atoms with Crippen molar-refractivity contribution in [3.8, 4) is 0 Å². The summed E-state index contributed by atoms with van der Waals surface area (Å²) in [6, 6.07) is 1.66. The van der Waals surface area contributed by atoms with Crippen LogP contribution in [0.2, 0.25) is 0 Å².